The Labute approximate surface area is 115 Å². The molecule has 0 aliphatic carbocycles. The number of nitro benzene ring substituents is 1. The van der Waals surface area contributed by atoms with Gasteiger partial charge in [-0.05, 0) is 31.2 Å². The van der Waals surface area contributed by atoms with Crippen LogP contribution in [0.1, 0.15) is 18.7 Å². The van der Waals surface area contributed by atoms with Gasteiger partial charge in [-0.25, -0.2) is 13.1 Å². The van der Waals surface area contributed by atoms with Gasteiger partial charge in [0, 0.05) is 12.1 Å². The summed E-state index contributed by atoms with van der Waals surface area (Å²) >= 11 is 0. The molecule has 0 radical (unpaired) electrons. The van der Waals surface area contributed by atoms with E-state index in [-0.39, 0.29) is 10.6 Å². The number of furan rings is 1. The first kappa shape index (κ1) is 14.2. The van der Waals surface area contributed by atoms with Crippen molar-refractivity contribution in [3.05, 3.63) is 58.5 Å². The van der Waals surface area contributed by atoms with Crippen molar-refractivity contribution in [1.82, 2.24) is 4.72 Å². The quantitative estimate of drug-likeness (QED) is 0.673. The number of sulfonamides is 1. The Balaban J connectivity index is 2.20. The first-order valence-electron chi connectivity index (χ1n) is 5.70. The zero-order valence-electron chi connectivity index (χ0n) is 10.5. The molecule has 2 aromatic rings. The number of hydrogen-bond donors (Lipinski definition) is 1. The summed E-state index contributed by atoms with van der Waals surface area (Å²) in [6, 6.07) is 7.45. The molecule has 1 heterocycles. The van der Waals surface area contributed by atoms with Crippen molar-refractivity contribution in [2.24, 2.45) is 0 Å². The van der Waals surface area contributed by atoms with Crippen LogP contribution in [0.3, 0.4) is 0 Å². The number of nitro groups is 1. The zero-order chi connectivity index (χ0) is 14.8. The maximum Gasteiger partial charge on any atom is 0.269 e. The molecule has 0 saturated heterocycles. The summed E-state index contributed by atoms with van der Waals surface area (Å²) in [5.74, 6) is 0.482. The summed E-state index contributed by atoms with van der Waals surface area (Å²) in [6.07, 6.45) is 1.45. The van der Waals surface area contributed by atoms with E-state index in [1.807, 2.05) is 0 Å². The van der Waals surface area contributed by atoms with Crippen molar-refractivity contribution < 1.29 is 17.8 Å². The van der Waals surface area contributed by atoms with Crippen molar-refractivity contribution >= 4 is 15.7 Å². The second-order valence-electron chi connectivity index (χ2n) is 4.11. The lowest BCUT2D eigenvalue weighted by Gasteiger charge is -2.11. The van der Waals surface area contributed by atoms with Gasteiger partial charge >= 0.3 is 0 Å². The Morgan fingerprint density at radius 2 is 1.90 bits per heavy atom. The fraction of sp³-hybridized carbons (Fsp3) is 0.167. The van der Waals surface area contributed by atoms with Gasteiger partial charge in [0.25, 0.3) is 5.69 Å². The van der Waals surface area contributed by atoms with Crippen LogP contribution in [-0.2, 0) is 10.0 Å². The molecule has 106 valence electrons. The van der Waals surface area contributed by atoms with E-state index >= 15 is 0 Å². The van der Waals surface area contributed by atoms with Crippen LogP contribution in [-0.4, -0.2) is 13.3 Å². The van der Waals surface area contributed by atoms with Crippen molar-refractivity contribution in [2.75, 3.05) is 0 Å². The molecule has 7 nitrogen and oxygen atoms in total. The van der Waals surface area contributed by atoms with E-state index in [1.165, 1.54) is 18.4 Å². The van der Waals surface area contributed by atoms with Crippen LogP contribution in [0.15, 0.2) is 52.0 Å². The minimum atomic E-state index is -3.76. The number of rotatable bonds is 5. The van der Waals surface area contributed by atoms with Gasteiger partial charge in [0.15, 0.2) is 0 Å². The third-order valence-corrected chi connectivity index (χ3v) is 4.22. The predicted octanol–water partition coefficient (Wildman–Crippen LogP) is 2.23. The molecule has 1 N–H and O–H groups in total. The van der Waals surface area contributed by atoms with Crippen molar-refractivity contribution in [3.63, 3.8) is 0 Å². The Hall–Kier alpha value is -2.19. The monoisotopic (exact) mass is 296 g/mol. The maximum absolute atomic E-state index is 12.1. The molecular weight excluding hydrogens is 284 g/mol. The van der Waals surface area contributed by atoms with Gasteiger partial charge in [-0.1, -0.05) is 0 Å². The van der Waals surface area contributed by atoms with Gasteiger partial charge in [0.1, 0.15) is 5.76 Å². The highest BCUT2D eigenvalue weighted by Gasteiger charge is 2.20. The summed E-state index contributed by atoms with van der Waals surface area (Å²) in [6.45, 7) is 1.64. The van der Waals surface area contributed by atoms with E-state index < -0.39 is 21.0 Å². The van der Waals surface area contributed by atoms with Crippen LogP contribution in [0.5, 0.6) is 0 Å². The normalized spacial score (nSPS) is 13.1. The van der Waals surface area contributed by atoms with Gasteiger partial charge in [-0.3, -0.25) is 10.1 Å². The number of nitrogens with one attached hydrogen (secondary N) is 1. The van der Waals surface area contributed by atoms with Gasteiger partial charge < -0.3 is 4.42 Å². The molecular formula is C12H12N2O5S. The number of benzene rings is 1. The SMILES string of the molecule is C[C@@H](NS(=O)(=O)c1ccc([N+](=O)[O-])cc1)c1ccco1. The van der Waals surface area contributed by atoms with Crippen molar-refractivity contribution in [2.45, 2.75) is 17.9 Å². The predicted molar refractivity (Wildman–Crippen MR) is 70.5 cm³/mol. The van der Waals surface area contributed by atoms with Crippen LogP contribution < -0.4 is 4.72 Å². The standard InChI is InChI=1S/C12H12N2O5S/c1-9(12-3-2-8-19-12)13-20(17,18)11-6-4-10(5-7-11)14(15)16/h2-9,13H,1H3/t9-/m1/s1. The molecule has 0 unspecified atom stereocenters. The highest BCUT2D eigenvalue weighted by atomic mass is 32.2. The van der Waals surface area contributed by atoms with Crippen LogP contribution in [0, 0.1) is 10.1 Å². The smallest absolute Gasteiger partial charge is 0.269 e. The largest absolute Gasteiger partial charge is 0.468 e. The lowest BCUT2D eigenvalue weighted by molar-refractivity contribution is -0.384. The van der Waals surface area contributed by atoms with Crippen LogP contribution in [0.4, 0.5) is 5.69 Å². The third-order valence-electron chi connectivity index (χ3n) is 2.66. The lowest BCUT2D eigenvalue weighted by Crippen LogP contribution is -2.26. The first-order chi connectivity index (χ1) is 9.40. The summed E-state index contributed by atoms with van der Waals surface area (Å²) in [5, 5.41) is 10.5. The molecule has 0 bridgehead atoms. The fourth-order valence-corrected chi connectivity index (χ4v) is 2.86. The highest BCUT2D eigenvalue weighted by molar-refractivity contribution is 7.89. The lowest BCUT2D eigenvalue weighted by atomic mass is 10.3. The first-order valence-corrected chi connectivity index (χ1v) is 7.18. The van der Waals surface area contributed by atoms with Gasteiger partial charge in [-0.15, -0.1) is 0 Å². The van der Waals surface area contributed by atoms with Crippen molar-refractivity contribution in [1.29, 1.82) is 0 Å². The highest BCUT2D eigenvalue weighted by Crippen LogP contribution is 2.19. The number of non-ortho nitro benzene ring substituents is 1. The van der Waals surface area contributed by atoms with Crippen LogP contribution in [0.2, 0.25) is 0 Å². The van der Waals surface area contributed by atoms with Crippen LogP contribution >= 0.6 is 0 Å². The van der Waals surface area contributed by atoms with E-state index in [4.69, 9.17) is 4.42 Å². The second kappa shape index (κ2) is 5.43. The number of hydrogen-bond acceptors (Lipinski definition) is 5. The molecule has 0 amide bonds. The summed E-state index contributed by atoms with van der Waals surface area (Å²) in [7, 11) is -3.76. The van der Waals surface area contributed by atoms with E-state index in [0.717, 1.165) is 12.1 Å². The fourth-order valence-electron chi connectivity index (χ4n) is 1.64. The zero-order valence-corrected chi connectivity index (χ0v) is 11.3. The average molecular weight is 296 g/mol. The molecule has 1 aromatic heterocycles. The van der Waals surface area contributed by atoms with Crippen molar-refractivity contribution in [3.8, 4) is 0 Å². The Morgan fingerprint density at radius 3 is 2.40 bits per heavy atom. The second-order valence-corrected chi connectivity index (χ2v) is 5.82. The third kappa shape index (κ3) is 3.03. The van der Waals surface area contributed by atoms with E-state index in [0.29, 0.717) is 5.76 Å². The molecule has 8 heteroatoms. The van der Waals surface area contributed by atoms with Crippen LogP contribution in [0.25, 0.3) is 0 Å². The Bertz CT molecular complexity index is 692. The molecule has 0 aliphatic heterocycles. The summed E-state index contributed by atoms with van der Waals surface area (Å²) in [5.41, 5.74) is -0.164. The summed E-state index contributed by atoms with van der Waals surface area (Å²) < 4.78 is 31.7. The summed E-state index contributed by atoms with van der Waals surface area (Å²) in [4.78, 5) is 9.89. The van der Waals surface area contributed by atoms with E-state index in [2.05, 4.69) is 4.72 Å². The van der Waals surface area contributed by atoms with Gasteiger partial charge in [-0.2, -0.15) is 0 Å². The maximum atomic E-state index is 12.1. The average Bonchev–Trinajstić information content (AvgIpc) is 2.92. The van der Waals surface area contributed by atoms with Gasteiger partial charge in [0.05, 0.1) is 22.1 Å². The molecule has 2 rings (SSSR count). The number of nitrogens with zero attached hydrogens (tertiary/aromatic N) is 1. The molecule has 0 aliphatic rings. The Morgan fingerprint density at radius 1 is 1.25 bits per heavy atom. The Kier molecular flexibility index (Phi) is 3.86. The molecule has 20 heavy (non-hydrogen) atoms. The molecule has 0 fully saturated rings. The molecule has 1 aromatic carbocycles. The molecule has 0 saturated carbocycles. The minimum absolute atomic E-state index is 0.0403. The van der Waals surface area contributed by atoms with Gasteiger partial charge in [0.2, 0.25) is 10.0 Å². The van der Waals surface area contributed by atoms with E-state index in [9.17, 15) is 18.5 Å². The topological polar surface area (TPSA) is 102 Å². The van der Waals surface area contributed by atoms with E-state index in [1.54, 1.807) is 19.1 Å². The molecule has 0 spiro atoms. The minimum Gasteiger partial charge on any atom is -0.468 e. The molecule has 1 atom stereocenters.